The molecule has 1 aliphatic carbocycles. The van der Waals surface area contributed by atoms with Gasteiger partial charge in [-0.05, 0) is 98.5 Å². The first-order chi connectivity index (χ1) is 23.6. The normalized spacial score (nSPS) is 16.1. The van der Waals surface area contributed by atoms with Crippen LogP contribution in [-0.2, 0) is 5.41 Å². The van der Waals surface area contributed by atoms with E-state index in [2.05, 4.69) is 133 Å². The predicted molar refractivity (Wildman–Crippen MR) is 199 cm³/mol. The third-order valence-electron chi connectivity index (χ3n) is 10.4. The van der Waals surface area contributed by atoms with Crippen molar-refractivity contribution in [3.63, 3.8) is 0 Å². The number of para-hydroxylation sites is 1. The van der Waals surface area contributed by atoms with Crippen molar-refractivity contribution in [1.29, 1.82) is 0 Å². The zero-order valence-electron chi connectivity index (χ0n) is 26.8. The Balaban J connectivity index is 1.30. The van der Waals surface area contributed by atoms with E-state index in [4.69, 9.17) is 9.97 Å². The fourth-order valence-corrected chi connectivity index (χ4v) is 8.32. The van der Waals surface area contributed by atoms with Crippen molar-refractivity contribution in [3.05, 3.63) is 163 Å². The van der Waals surface area contributed by atoms with Crippen LogP contribution in [0.4, 0.5) is 0 Å². The van der Waals surface area contributed by atoms with E-state index in [0.717, 1.165) is 22.8 Å². The van der Waals surface area contributed by atoms with Gasteiger partial charge in [-0.1, -0.05) is 98.8 Å². The summed E-state index contributed by atoms with van der Waals surface area (Å²) in [7, 11) is 0. The van der Waals surface area contributed by atoms with Crippen LogP contribution in [-0.4, -0.2) is 14.5 Å². The van der Waals surface area contributed by atoms with Gasteiger partial charge in [-0.2, -0.15) is 0 Å². The number of hydrogen-bond donors (Lipinski definition) is 1. The van der Waals surface area contributed by atoms with Gasteiger partial charge in [0.25, 0.3) is 0 Å². The Kier molecular flexibility index (Phi) is 5.65. The summed E-state index contributed by atoms with van der Waals surface area (Å²) in [5, 5.41) is 11.3. The maximum atomic E-state index is 5.14. The molecule has 4 heteroatoms. The summed E-state index contributed by atoms with van der Waals surface area (Å²) in [6.45, 7) is 4.80. The highest BCUT2D eigenvalue weighted by Gasteiger charge is 2.39. The highest BCUT2D eigenvalue weighted by molar-refractivity contribution is 6.20. The summed E-state index contributed by atoms with van der Waals surface area (Å²) in [6, 6.07) is 42.0. The number of aromatic nitrogens is 3. The molecule has 2 aliphatic rings. The number of nitrogens with one attached hydrogen (secondary N) is 1. The third-order valence-corrected chi connectivity index (χ3v) is 10.4. The van der Waals surface area contributed by atoms with Crippen LogP contribution in [0.5, 0.6) is 0 Å². The number of allylic oxidation sites excluding steroid dienone is 2. The zero-order valence-corrected chi connectivity index (χ0v) is 26.8. The van der Waals surface area contributed by atoms with E-state index >= 15 is 0 Å². The topological polar surface area (TPSA) is 42.7 Å². The van der Waals surface area contributed by atoms with Crippen molar-refractivity contribution in [2.24, 2.45) is 0 Å². The molecule has 5 aromatic carbocycles. The van der Waals surface area contributed by atoms with E-state index in [1.807, 2.05) is 36.7 Å². The standard InChI is InChI=1S/C44H32N4/c1-44(2)35-26-41-33(25-34(35)42-31-16-5-3-13-28(31)29-14-4-6-17-32(29)43(42)44)30-15-7-8-20-40(30)48(41)27-23-38(36-18-9-11-21-45-36)47-39(24-27)37-19-10-12-22-46-37/h3-26,36,45H,1-2H3. The minimum Gasteiger partial charge on any atom is -0.379 e. The number of rotatable bonds is 3. The highest BCUT2D eigenvalue weighted by Crippen LogP contribution is 2.56. The summed E-state index contributed by atoms with van der Waals surface area (Å²) in [5.41, 5.74) is 11.4. The van der Waals surface area contributed by atoms with Crippen LogP contribution in [0.3, 0.4) is 0 Å². The second-order valence-electron chi connectivity index (χ2n) is 13.5. The lowest BCUT2D eigenvalue weighted by Gasteiger charge is -2.24. The van der Waals surface area contributed by atoms with Crippen molar-refractivity contribution in [1.82, 2.24) is 19.9 Å². The molecule has 4 nitrogen and oxygen atoms in total. The molecule has 4 heterocycles. The smallest absolute Gasteiger partial charge is 0.0911 e. The molecule has 0 fully saturated rings. The van der Waals surface area contributed by atoms with E-state index < -0.39 is 0 Å². The lowest BCUT2D eigenvalue weighted by atomic mass is 9.79. The molecule has 0 spiro atoms. The number of pyridine rings is 2. The monoisotopic (exact) mass is 616 g/mol. The van der Waals surface area contributed by atoms with Gasteiger partial charge in [-0.25, -0.2) is 4.98 Å². The van der Waals surface area contributed by atoms with Crippen LogP contribution >= 0.6 is 0 Å². The average molecular weight is 617 g/mol. The zero-order chi connectivity index (χ0) is 32.0. The van der Waals surface area contributed by atoms with Crippen molar-refractivity contribution >= 4 is 43.4 Å². The first-order valence-electron chi connectivity index (χ1n) is 16.6. The molecule has 0 bridgehead atoms. The molecule has 1 atom stereocenters. The maximum Gasteiger partial charge on any atom is 0.0911 e. The molecule has 1 aliphatic heterocycles. The number of hydrogen-bond acceptors (Lipinski definition) is 3. The molecular weight excluding hydrogens is 585 g/mol. The van der Waals surface area contributed by atoms with Crippen molar-refractivity contribution in [2.75, 3.05) is 0 Å². The van der Waals surface area contributed by atoms with Crippen LogP contribution in [0.1, 0.15) is 36.7 Å². The van der Waals surface area contributed by atoms with Crippen LogP contribution in [0.25, 0.3) is 71.6 Å². The van der Waals surface area contributed by atoms with E-state index in [9.17, 15) is 0 Å². The summed E-state index contributed by atoms with van der Waals surface area (Å²) in [5.74, 6) is 0. The minimum atomic E-state index is -0.199. The lowest BCUT2D eigenvalue weighted by Crippen LogP contribution is -2.17. The maximum absolute atomic E-state index is 5.14. The van der Waals surface area contributed by atoms with E-state index in [1.165, 1.54) is 65.6 Å². The summed E-state index contributed by atoms with van der Waals surface area (Å²) in [4.78, 5) is 9.84. The van der Waals surface area contributed by atoms with Crippen LogP contribution < -0.4 is 5.32 Å². The molecule has 1 unspecified atom stereocenters. The minimum absolute atomic E-state index is 0.0373. The average Bonchev–Trinajstić information content (AvgIpc) is 3.59. The fraction of sp³-hybridized carbons (Fsp3) is 0.0909. The molecule has 0 saturated carbocycles. The van der Waals surface area contributed by atoms with Gasteiger partial charge in [0.1, 0.15) is 0 Å². The van der Waals surface area contributed by atoms with Crippen molar-refractivity contribution < 1.29 is 0 Å². The molecule has 1 N–H and O–H groups in total. The molecule has 8 aromatic rings. The number of benzene rings is 5. The molecule has 3 aromatic heterocycles. The van der Waals surface area contributed by atoms with Gasteiger partial charge < -0.3 is 9.88 Å². The second-order valence-corrected chi connectivity index (χ2v) is 13.5. The van der Waals surface area contributed by atoms with Crippen LogP contribution in [0, 0.1) is 0 Å². The van der Waals surface area contributed by atoms with Gasteiger partial charge in [0.2, 0.25) is 0 Å². The molecule has 48 heavy (non-hydrogen) atoms. The lowest BCUT2D eigenvalue weighted by molar-refractivity contribution is 0.667. The number of nitrogens with zero attached hydrogens (tertiary/aromatic N) is 3. The third kappa shape index (κ3) is 3.77. The van der Waals surface area contributed by atoms with Crippen LogP contribution in [0.2, 0.25) is 0 Å². The van der Waals surface area contributed by atoms with E-state index in [0.29, 0.717) is 0 Å². The van der Waals surface area contributed by atoms with Crippen molar-refractivity contribution in [2.45, 2.75) is 25.3 Å². The Labute approximate surface area is 278 Å². The highest BCUT2D eigenvalue weighted by atomic mass is 15.0. The van der Waals surface area contributed by atoms with Gasteiger partial charge in [0, 0.05) is 22.4 Å². The summed E-state index contributed by atoms with van der Waals surface area (Å²) in [6.07, 6.45) is 10.1. The van der Waals surface area contributed by atoms with Gasteiger partial charge in [0.05, 0.1) is 39.8 Å². The molecule has 228 valence electrons. The van der Waals surface area contributed by atoms with Crippen LogP contribution in [0.15, 0.2) is 146 Å². The fourth-order valence-electron chi connectivity index (χ4n) is 8.32. The largest absolute Gasteiger partial charge is 0.379 e. The quantitative estimate of drug-likeness (QED) is 0.201. The molecule has 0 amide bonds. The van der Waals surface area contributed by atoms with Gasteiger partial charge in [-0.3, -0.25) is 4.98 Å². The summed E-state index contributed by atoms with van der Waals surface area (Å²) >= 11 is 0. The number of dihydropyridines is 1. The molecule has 10 rings (SSSR count). The van der Waals surface area contributed by atoms with Crippen molar-refractivity contribution in [3.8, 4) is 28.2 Å². The van der Waals surface area contributed by atoms with Gasteiger partial charge in [-0.15, -0.1) is 0 Å². The Hall–Kier alpha value is -6.00. The Morgan fingerprint density at radius 1 is 0.646 bits per heavy atom. The Morgan fingerprint density at radius 3 is 2.15 bits per heavy atom. The predicted octanol–water partition coefficient (Wildman–Crippen LogP) is 10.6. The summed E-state index contributed by atoms with van der Waals surface area (Å²) < 4.78 is 2.43. The molecule has 0 saturated heterocycles. The first-order valence-corrected chi connectivity index (χ1v) is 16.6. The number of fused-ring (bicyclic) bond motifs is 11. The van der Waals surface area contributed by atoms with Gasteiger partial charge in [0.15, 0.2) is 0 Å². The Bertz CT molecular complexity index is 2680. The SMILES string of the molecule is CC1(C)c2cc3c(cc2-c2c1c1ccccc1c1ccccc21)c1ccccc1n3-c1cc(-c2ccccn2)nc(C2C=CC=CN2)c1. The molecular formula is C44H32N4. The first kappa shape index (κ1) is 27.1. The second kappa shape index (κ2) is 10.00. The van der Waals surface area contributed by atoms with E-state index in [-0.39, 0.29) is 11.5 Å². The van der Waals surface area contributed by atoms with E-state index in [1.54, 1.807) is 0 Å². The Morgan fingerprint density at radius 2 is 1.38 bits per heavy atom. The molecule has 0 radical (unpaired) electrons. The van der Waals surface area contributed by atoms with Gasteiger partial charge >= 0.3 is 0 Å².